The molecular formula is C19H14ClN3O3S2. The van der Waals surface area contributed by atoms with Crippen LogP contribution in [-0.4, -0.2) is 30.3 Å². The highest BCUT2D eigenvalue weighted by atomic mass is 35.5. The number of aromatic nitrogens is 2. The first-order chi connectivity index (χ1) is 13.6. The molecule has 0 unspecified atom stereocenters. The first-order valence-corrected chi connectivity index (χ1v) is 10.2. The van der Waals surface area contributed by atoms with E-state index in [1.54, 1.807) is 29.5 Å². The molecule has 9 heteroatoms. The molecule has 2 heterocycles. The fourth-order valence-corrected chi connectivity index (χ4v) is 4.73. The maximum absolute atomic E-state index is 12.8. The molecule has 4 rings (SSSR count). The Kier molecular flexibility index (Phi) is 5.17. The smallest absolute Gasteiger partial charge is 0.265 e. The van der Waals surface area contributed by atoms with Crippen molar-refractivity contribution in [1.29, 1.82) is 0 Å². The number of fused-ring (bicyclic) bond motifs is 1. The van der Waals surface area contributed by atoms with Crippen molar-refractivity contribution in [2.24, 2.45) is 0 Å². The third kappa shape index (κ3) is 3.54. The van der Waals surface area contributed by atoms with E-state index in [9.17, 15) is 4.79 Å². The van der Waals surface area contributed by atoms with Gasteiger partial charge in [0, 0.05) is 9.72 Å². The summed E-state index contributed by atoms with van der Waals surface area (Å²) in [7, 11) is 3.00. The summed E-state index contributed by atoms with van der Waals surface area (Å²) in [6.45, 7) is 0. The van der Waals surface area contributed by atoms with E-state index < -0.39 is 0 Å². The monoisotopic (exact) mass is 431 g/mol. The summed E-state index contributed by atoms with van der Waals surface area (Å²) in [5.41, 5.74) is 0.306. The second-order valence-corrected chi connectivity index (χ2v) is 8.19. The summed E-state index contributed by atoms with van der Waals surface area (Å²) >= 11 is 8.95. The van der Waals surface area contributed by atoms with E-state index >= 15 is 0 Å². The third-order valence-electron chi connectivity index (χ3n) is 3.99. The number of carbonyl (C=O) groups is 1. The maximum Gasteiger partial charge on any atom is 0.265 e. The number of ether oxygens (including phenoxy) is 2. The number of amides is 1. The zero-order valence-electron chi connectivity index (χ0n) is 14.9. The summed E-state index contributed by atoms with van der Waals surface area (Å²) < 4.78 is 11.7. The lowest BCUT2D eigenvalue weighted by atomic mass is 10.1. The van der Waals surface area contributed by atoms with Crippen molar-refractivity contribution in [3.63, 3.8) is 0 Å². The van der Waals surface area contributed by atoms with Crippen LogP contribution in [0.4, 0.5) is 5.13 Å². The molecule has 2 aromatic carbocycles. The molecule has 0 aliphatic heterocycles. The van der Waals surface area contributed by atoms with E-state index in [0.717, 1.165) is 20.0 Å². The van der Waals surface area contributed by atoms with Crippen molar-refractivity contribution in [2.45, 2.75) is 0 Å². The quantitative estimate of drug-likeness (QED) is 0.461. The summed E-state index contributed by atoms with van der Waals surface area (Å²) in [5, 5.41) is 13.9. The van der Waals surface area contributed by atoms with Crippen molar-refractivity contribution in [3.8, 4) is 21.4 Å². The lowest BCUT2D eigenvalue weighted by Crippen LogP contribution is -2.14. The Balaban J connectivity index is 1.60. The van der Waals surface area contributed by atoms with Gasteiger partial charge in [-0.3, -0.25) is 10.1 Å². The van der Waals surface area contributed by atoms with Gasteiger partial charge in [0.15, 0.2) is 5.01 Å². The van der Waals surface area contributed by atoms with Gasteiger partial charge in [-0.1, -0.05) is 29.0 Å². The van der Waals surface area contributed by atoms with Crippen LogP contribution < -0.4 is 14.8 Å². The summed E-state index contributed by atoms with van der Waals surface area (Å²) in [6, 6.07) is 12.9. The van der Waals surface area contributed by atoms with Gasteiger partial charge in [-0.05, 0) is 41.8 Å². The molecule has 4 aromatic rings. The average molecular weight is 432 g/mol. The van der Waals surface area contributed by atoms with Crippen LogP contribution in [0.25, 0.3) is 20.0 Å². The summed E-state index contributed by atoms with van der Waals surface area (Å²) in [5.74, 6) is 0.464. The van der Waals surface area contributed by atoms with Gasteiger partial charge in [-0.15, -0.1) is 21.5 Å². The fourth-order valence-electron chi connectivity index (χ4n) is 2.73. The number of anilines is 1. The predicted molar refractivity (Wildman–Crippen MR) is 113 cm³/mol. The van der Waals surface area contributed by atoms with E-state index in [2.05, 4.69) is 15.5 Å². The first kappa shape index (κ1) is 18.7. The van der Waals surface area contributed by atoms with Crippen LogP contribution in [0.15, 0.2) is 42.5 Å². The molecule has 142 valence electrons. The molecule has 0 atom stereocenters. The fraction of sp³-hybridized carbons (Fsp3) is 0.105. The van der Waals surface area contributed by atoms with Crippen LogP contribution in [0.3, 0.4) is 0 Å². The number of rotatable bonds is 5. The lowest BCUT2D eigenvalue weighted by Gasteiger charge is -2.11. The number of carbonyl (C=O) groups excluding carboxylic acids is 1. The van der Waals surface area contributed by atoms with Crippen molar-refractivity contribution in [2.75, 3.05) is 19.5 Å². The van der Waals surface area contributed by atoms with Gasteiger partial charge >= 0.3 is 0 Å². The molecule has 0 aliphatic carbocycles. The normalized spacial score (nSPS) is 10.8. The van der Waals surface area contributed by atoms with E-state index in [-0.39, 0.29) is 5.91 Å². The van der Waals surface area contributed by atoms with Crippen LogP contribution in [0, 0.1) is 0 Å². The molecule has 2 aromatic heterocycles. The van der Waals surface area contributed by atoms with E-state index in [1.807, 2.05) is 24.3 Å². The van der Waals surface area contributed by atoms with Gasteiger partial charge in [0.25, 0.3) is 5.91 Å². The Morgan fingerprint density at radius 2 is 1.79 bits per heavy atom. The third-order valence-corrected chi connectivity index (χ3v) is 6.35. The van der Waals surface area contributed by atoms with Crippen molar-refractivity contribution >= 4 is 55.4 Å². The molecule has 0 spiro atoms. The van der Waals surface area contributed by atoms with Gasteiger partial charge in [0.05, 0.1) is 19.1 Å². The average Bonchev–Trinajstić information content (AvgIpc) is 3.33. The molecular weight excluding hydrogens is 418 g/mol. The molecule has 0 saturated heterocycles. The maximum atomic E-state index is 12.8. The number of benzene rings is 2. The lowest BCUT2D eigenvalue weighted by molar-refractivity contribution is 0.102. The van der Waals surface area contributed by atoms with E-state index in [1.165, 1.54) is 25.6 Å². The largest absolute Gasteiger partial charge is 0.496 e. The van der Waals surface area contributed by atoms with Crippen LogP contribution in [0.5, 0.6) is 11.5 Å². The van der Waals surface area contributed by atoms with Gasteiger partial charge in [-0.25, -0.2) is 0 Å². The van der Waals surface area contributed by atoms with Gasteiger partial charge < -0.3 is 9.47 Å². The molecule has 0 saturated carbocycles. The Labute approximate surface area is 173 Å². The van der Waals surface area contributed by atoms with Crippen LogP contribution in [0.1, 0.15) is 10.4 Å². The minimum absolute atomic E-state index is 0.306. The van der Waals surface area contributed by atoms with Crippen LogP contribution in [0.2, 0.25) is 5.02 Å². The Bertz CT molecular complexity index is 1150. The highest BCUT2D eigenvalue weighted by Gasteiger charge is 2.20. The standard InChI is InChI=1S/C19H14ClN3O3S2/c1-25-12-4-3-5-13(26-2)16(12)17(24)21-19-23-22-18(28-19)15-9-10-8-11(20)6-7-14(10)27-15/h3-9H,1-2H3,(H,21,23,24). The highest BCUT2D eigenvalue weighted by Crippen LogP contribution is 2.37. The molecule has 1 amide bonds. The molecule has 0 fully saturated rings. The molecule has 0 radical (unpaired) electrons. The van der Waals surface area contributed by atoms with Crippen molar-refractivity contribution < 1.29 is 14.3 Å². The zero-order valence-corrected chi connectivity index (χ0v) is 17.2. The molecule has 28 heavy (non-hydrogen) atoms. The highest BCUT2D eigenvalue weighted by molar-refractivity contribution is 7.26. The van der Waals surface area contributed by atoms with Gasteiger partial charge in [0.2, 0.25) is 5.13 Å². The minimum Gasteiger partial charge on any atom is -0.496 e. The van der Waals surface area contributed by atoms with E-state index in [0.29, 0.717) is 27.2 Å². The van der Waals surface area contributed by atoms with Gasteiger partial charge in [0.1, 0.15) is 17.1 Å². The number of nitrogens with one attached hydrogen (secondary N) is 1. The number of halogens is 1. The minimum atomic E-state index is -0.375. The summed E-state index contributed by atoms with van der Waals surface area (Å²) in [4.78, 5) is 13.7. The predicted octanol–water partition coefficient (Wildman–Crippen LogP) is 5.34. The number of thiophene rings is 1. The van der Waals surface area contributed by atoms with E-state index in [4.69, 9.17) is 21.1 Å². The number of nitrogens with zero attached hydrogens (tertiary/aromatic N) is 2. The Morgan fingerprint density at radius 1 is 1.04 bits per heavy atom. The molecule has 0 aliphatic rings. The molecule has 0 bridgehead atoms. The number of hydrogen-bond acceptors (Lipinski definition) is 7. The summed E-state index contributed by atoms with van der Waals surface area (Å²) in [6.07, 6.45) is 0. The number of methoxy groups -OCH3 is 2. The van der Waals surface area contributed by atoms with Crippen molar-refractivity contribution in [3.05, 3.63) is 53.1 Å². The molecule has 6 nitrogen and oxygen atoms in total. The molecule has 1 N–H and O–H groups in total. The second-order valence-electron chi connectivity index (χ2n) is 5.70. The Hall–Kier alpha value is -2.68. The zero-order chi connectivity index (χ0) is 19.7. The SMILES string of the molecule is COc1cccc(OC)c1C(=O)Nc1nnc(-c2cc3cc(Cl)ccc3s2)s1. The first-order valence-electron chi connectivity index (χ1n) is 8.14. The van der Waals surface area contributed by atoms with Crippen molar-refractivity contribution in [1.82, 2.24) is 10.2 Å². The van der Waals surface area contributed by atoms with Crippen LogP contribution >= 0.6 is 34.3 Å². The Morgan fingerprint density at radius 3 is 2.50 bits per heavy atom. The second kappa shape index (κ2) is 7.75. The van der Waals surface area contributed by atoms with Gasteiger partial charge in [-0.2, -0.15) is 0 Å². The topological polar surface area (TPSA) is 73.3 Å². The van der Waals surface area contributed by atoms with Crippen LogP contribution in [-0.2, 0) is 0 Å². The number of hydrogen-bond donors (Lipinski definition) is 1.